The van der Waals surface area contributed by atoms with Gasteiger partial charge in [-0.25, -0.2) is 15.0 Å². The van der Waals surface area contributed by atoms with Crippen LogP contribution in [-0.2, 0) is 0 Å². The van der Waals surface area contributed by atoms with Crippen LogP contribution < -0.4 is 0 Å². The van der Waals surface area contributed by atoms with E-state index in [2.05, 4.69) is 40.7 Å². The van der Waals surface area contributed by atoms with E-state index in [-0.39, 0.29) is 0 Å². The second-order valence-corrected chi connectivity index (χ2v) is 7.89. The van der Waals surface area contributed by atoms with Gasteiger partial charge in [0.1, 0.15) is 5.52 Å². The molecule has 4 nitrogen and oxygen atoms in total. The van der Waals surface area contributed by atoms with Crippen molar-refractivity contribution in [1.82, 2.24) is 19.9 Å². The summed E-state index contributed by atoms with van der Waals surface area (Å²) in [5.74, 6) is 3.45. The molecule has 5 heteroatoms. The van der Waals surface area contributed by atoms with E-state index in [0.717, 1.165) is 33.6 Å². The van der Waals surface area contributed by atoms with Crippen LogP contribution in [0.1, 0.15) is 20.8 Å². The van der Waals surface area contributed by atoms with Crippen LogP contribution in [0, 0.1) is 0 Å². The summed E-state index contributed by atoms with van der Waals surface area (Å²) in [5.41, 5.74) is 1.71. The zero-order valence-electron chi connectivity index (χ0n) is 10.0. The molecule has 2 aromatic heterocycles. The lowest BCUT2D eigenvalue weighted by Crippen LogP contribution is -2.12. The predicted molar refractivity (Wildman–Crippen MR) is 69.2 cm³/mol. The van der Waals surface area contributed by atoms with E-state index in [9.17, 15) is 0 Å². The Morgan fingerprint density at radius 1 is 1.12 bits per heavy atom. The molecule has 0 fully saturated rings. The summed E-state index contributed by atoms with van der Waals surface area (Å²) in [5, 5.41) is 1.01. The molecule has 0 radical (unpaired) electrons. The highest BCUT2D eigenvalue weighted by atomic mass is 32.3. The first-order chi connectivity index (χ1) is 7.75. The molecule has 0 aliphatic rings. The van der Waals surface area contributed by atoms with E-state index in [1.165, 1.54) is 0 Å². The minimum Gasteiger partial charge on any atom is -0.342 e. The molecular formula is C11H18N4S. The topological polar surface area (TPSA) is 54.5 Å². The van der Waals surface area contributed by atoms with Crippen LogP contribution in [0.15, 0.2) is 17.7 Å². The van der Waals surface area contributed by atoms with Crippen LogP contribution in [0.3, 0.4) is 0 Å². The lowest BCUT2D eigenvalue weighted by molar-refractivity contribution is 0.969. The lowest BCUT2D eigenvalue weighted by atomic mass is 10.6. The van der Waals surface area contributed by atoms with E-state index in [4.69, 9.17) is 0 Å². The van der Waals surface area contributed by atoms with Crippen molar-refractivity contribution in [2.45, 2.75) is 25.9 Å². The van der Waals surface area contributed by atoms with Crippen LogP contribution in [-0.4, -0.2) is 37.2 Å². The second-order valence-electron chi connectivity index (χ2n) is 3.70. The van der Waals surface area contributed by atoms with Gasteiger partial charge in [-0.15, -0.1) is 0 Å². The third-order valence-electron chi connectivity index (χ3n) is 3.20. The Morgan fingerprint density at radius 2 is 1.81 bits per heavy atom. The molecule has 0 bridgehead atoms. The number of rotatable bonds is 4. The van der Waals surface area contributed by atoms with E-state index in [1.54, 1.807) is 6.33 Å². The van der Waals surface area contributed by atoms with Gasteiger partial charge in [-0.3, -0.25) is 0 Å². The quantitative estimate of drug-likeness (QED) is 0.833. The van der Waals surface area contributed by atoms with Crippen molar-refractivity contribution >= 4 is 21.2 Å². The molecule has 0 atom stereocenters. The van der Waals surface area contributed by atoms with Gasteiger partial charge < -0.3 is 4.98 Å². The summed E-state index contributed by atoms with van der Waals surface area (Å²) in [6.45, 7) is 6.71. The number of nitrogens with zero attached hydrogens (tertiary/aromatic N) is 3. The van der Waals surface area contributed by atoms with E-state index >= 15 is 0 Å². The summed E-state index contributed by atoms with van der Waals surface area (Å²) in [6, 6.07) is 0. The van der Waals surface area contributed by atoms with Gasteiger partial charge in [-0.2, -0.15) is 10.0 Å². The summed E-state index contributed by atoms with van der Waals surface area (Å²) in [6.07, 6.45) is 3.53. The largest absolute Gasteiger partial charge is 0.342 e. The molecule has 0 unspecified atom stereocenters. The van der Waals surface area contributed by atoms with Gasteiger partial charge >= 0.3 is 0 Å². The fourth-order valence-electron chi connectivity index (χ4n) is 1.93. The van der Waals surface area contributed by atoms with Crippen molar-refractivity contribution in [2.24, 2.45) is 0 Å². The predicted octanol–water partition coefficient (Wildman–Crippen LogP) is 2.58. The van der Waals surface area contributed by atoms with Gasteiger partial charge in [0.05, 0.1) is 12.5 Å². The van der Waals surface area contributed by atoms with Crippen molar-refractivity contribution in [3.05, 3.63) is 12.5 Å². The van der Waals surface area contributed by atoms with Gasteiger partial charge in [-0.05, 0) is 17.3 Å². The summed E-state index contributed by atoms with van der Waals surface area (Å²) >= 11 is 0. The summed E-state index contributed by atoms with van der Waals surface area (Å²) in [7, 11) is -0.834. The van der Waals surface area contributed by atoms with Crippen LogP contribution in [0.25, 0.3) is 11.2 Å². The monoisotopic (exact) mass is 238 g/mol. The maximum atomic E-state index is 4.60. The number of aromatic amines is 1. The maximum Gasteiger partial charge on any atom is 0.181 e. The van der Waals surface area contributed by atoms with Crippen molar-refractivity contribution < 1.29 is 0 Å². The minimum atomic E-state index is -0.834. The van der Waals surface area contributed by atoms with Crippen molar-refractivity contribution in [2.75, 3.05) is 17.3 Å². The van der Waals surface area contributed by atoms with Crippen molar-refractivity contribution in [3.63, 3.8) is 0 Å². The molecule has 0 amide bonds. The molecule has 0 aromatic carbocycles. The first kappa shape index (κ1) is 11.4. The smallest absolute Gasteiger partial charge is 0.181 e. The fourth-order valence-corrected chi connectivity index (χ4v) is 4.48. The number of hydrogen-bond donors (Lipinski definition) is 1. The SMILES string of the molecule is CCS(CC)(CC)c1ncc2[nH]cnc2n1. The highest BCUT2D eigenvalue weighted by Crippen LogP contribution is 2.52. The molecule has 2 rings (SSSR count). The average molecular weight is 238 g/mol. The zero-order chi connectivity index (χ0) is 11.6. The fraction of sp³-hybridized carbons (Fsp3) is 0.545. The minimum absolute atomic E-state index is 0.789. The molecule has 2 heterocycles. The highest BCUT2D eigenvalue weighted by molar-refractivity contribution is 8.33. The first-order valence-electron chi connectivity index (χ1n) is 5.68. The molecule has 1 N–H and O–H groups in total. The van der Waals surface area contributed by atoms with Crippen molar-refractivity contribution in [3.8, 4) is 0 Å². The number of imidazole rings is 1. The molecule has 0 saturated heterocycles. The number of nitrogens with one attached hydrogen (secondary N) is 1. The van der Waals surface area contributed by atoms with Crippen molar-refractivity contribution in [1.29, 1.82) is 0 Å². The molecule has 2 aromatic rings. The molecule has 0 aliphatic carbocycles. The van der Waals surface area contributed by atoms with Crippen LogP contribution in [0.4, 0.5) is 0 Å². The molecule has 0 spiro atoms. The number of fused-ring (bicyclic) bond motifs is 1. The van der Waals surface area contributed by atoms with Gasteiger partial charge in [0, 0.05) is 0 Å². The van der Waals surface area contributed by atoms with Gasteiger partial charge in [-0.1, -0.05) is 20.8 Å². The van der Waals surface area contributed by atoms with E-state index in [0.29, 0.717) is 0 Å². The summed E-state index contributed by atoms with van der Waals surface area (Å²) in [4.78, 5) is 16.4. The maximum absolute atomic E-state index is 4.60. The standard InChI is InChI=1S/C11H18N4S/c1-4-16(5-2,6-3)11-12-7-9-10(15-11)14-8-13-9/h7-8H,4-6H2,1-3H3,(H,12,13,14,15). The van der Waals surface area contributed by atoms with Gasteiger partial charge in [0.25, 0.3) is 0 Å². The first-order valence-corrected chi connectivity index (χ1v) is 7.82. The Labute approximate surface area is 97.2 Å². The number of hydrogen-bond acceptors (Lipinski definition) is 3. The number of H-pyrrole nitrogens is 1. The molecule has 0 saturated carbocycles. The average Bonchev–Trinajstić information content (AvgIpc) is 2.79. The second kappa shape index (κ2) is 4.41. The van der Waals surface area contributed by atoms with E-state index in [1.807, 2.05) is 6.20 Å². The lowest BCUT2D eigenvalue weighted by Gasteiger charge is -2.34. The molecule has 88 valence electrons. The Bertz CT molecular complexity index is 467. The third-order valence-corrected chi connectivity index (χ3v) is 7.49. The van der Waals surface area contributed by atoms with Crippen LogP contribution in [0.5, 0.6) is 0 Å². The van der Waals surface area contributed by atoms with E-state index < -0.39 is 10.0 Å². The molecule has 0 aliphatic heterocycles. The Kier molecular flexibility index (Phi) is 3.14. The van der Waals surface area contributed by atoms with Crippen LogP contribution in [0.2, 0.25) is 0 Å². The zero-order valence-corrected chi connectivity index (χ0v) is 10.8. The Balaban J connectivity index is 2.51. The normalized spacial score (nSPS) is 13.2. The molecule has 16 heavy (non-hydrogen) atoms. The Morgan fingerprint density at radius 3 is 2.44 bits per heavy atom. The van der Waals surface area contributed by atoms with Gasteiger partial charge in [0.2, 0.25) is 0 Å². The summed E-state index contributed by atoms with van der Waals surface area (Å²) < 4.78 is 0. The van der Waals surface area contributed by atoms with Gasteiger partial charge in [0.15, 0.2) is 10.8 Å². The third kappa shape index (κ3) is 1.69. The highest BCUT2D eigenvalue weighted by Gasteiger charge is 2.23. The molecular weight excluding hydrogens is 220 g/mol. The Hall–Kier alpha value is -1.10. The number of aromatic nitrogens is 4. The van der Waals surface area contributed by atoms with Crippen LogP contribution >= 0.6 is 10.0 Å².